The van der Waals surface area contributed by atoms with Crippen LogP contribution in [-0.4, -0.2) is 0 Å². The molecule has 0 saturated carbocycles. The highest BCUT2D eigenvalue weighted by Gasteiger charge is 2.10. The van der Waals surface area contributed by atoms with E-state index in [-0.39, 0.29) is 0 Å². The van der Waals surface area contributed by atoms with Gasteiger partial charge in [0.15, 0.2) is 0 Å². The molecule has 0 spiro atoms. The molecular weight excluding hydrogens is 156 g/mol. The molecule has 0 aromatic heterocycles. The summed E-state index contributed by atoms with van der Waals surface area (Å²) < 4.78 is 0. The molecule has 0 heterocycles. The van der Waals surface area contributed by atoms with Crippen LogP contribution in [-0.2, 0) is 0 Å². The molecule has 0 amide bonds. The van der Waals surface area contributed by atoms with E-state index in [2.05, 4.69) is 25.2 Å². The highest BCUT2D eigenvalue weighted by molar-refractivity contribution is 5.37. The molecule has 13 heavy (non-hydrogen) atoms. The number of hydrogen-bond acceptors (Lipinski definition) is 0. The zero-order valence-electron chi connectivity index (χ0n) is 8.47. The first-order valence-electron chi connectivity index (χ1n) is 5.40. The summed E-state index contributed by atoms with van der Waals surface area (Å²) in [6.45, 7) is 2.25. The van der Waals surface area contributed by atoms with Crippen molar-refractivity contribution in [2.24, 2.45) is 0 Å². The Morgan fingerprint density at radius 3 is 2.62 bits per heavy atom. The number of hydrogen-bond donors (Lipinski definition) is 0. The lowest BCUT2D eigenvalue weighted by molar-refractivity contribution is 0.701. The normalized spacial score (nSPS) is 23.3. The van der Waals surface area contributed by atoms with Crippen LogP contribution in [0.4, 0.5) is 0 Å². The molecule has 0 atom stereocenters. The van der Waals surface area contributed by atoms with E-state index < -0.39 is 0 Å². The van der Waals surface area contributed by atoms with E-state index in [4.69, 9.17) is 0 Å². The lowest BCUT2D eigenvalue weighted by atomic mass is 9.87. The molecule has 2 rings (SSSR count). The summed E-state index contributed by atoms with van der Waals surface area (Å²) in [5, 5.41) is 0. The first-order chi connectivity index (χ1) is 6.36. The fourth-order valence-corrected chi connectivity index (χ4v) is 2.22. The van der Waals surface area contributed by atoms with Gasteiger partial charge in [0.05, 0.1) is 0 Å². The van der Waals surface area contributed by atoms with Gasteiger partial charge in [0.2, 0.25) is 0 Å². The van der Waals surface area contributed by atoms with Gasteiger partial charge >= 0.3 is 0 Å². The van der Waals surface area contributed by atoms with Crippen LogP contribution in [0.25, 0.3) is 0 Å². The maximum Gasteiger partial charge on any atom is -0.00702 e. The van der Waals surface area contributed by atoms with Crippen LogP contribution in [0.5, 0.6) is 0 Å². The Hall–Kier alpha value is -0.780. The van der Waals surface area contributed by atoms with E-state index in [9.17, 15) is 0 Å². The van der Waals surface area contributed by atoms with Crippen molar-refractivity contribution in [2.75, 3.05) is 0 Å². The molecule has 0 radical (unpaired) electrons. The molecule has 0 N–H and O–H groups in total. The van der Waals surface area contributed by atoms with E-state index in [0.717, 1.165) is 6.42 Å². The Morgan fingerprint density at radius 2 is 1.92 bits per heavy atom. The van der Waals surface area contributed by atoms with E-state index >= 15 is 0 Å². The maximum absolute atomic E-state index is 2.45. The highest BCUT2D eigenvalue weighted by atomic mass is 14.2. The highest BCUT2D eigenvalue weighted by Crippen LogP contribution is 2.30. The average Bonchev–Trinajstić information content (AvgIpc) is 2.19. The van der Waals surface area contributed by atoms with Crippen LogP contribution in [0.2, 0.25) is 0 Å². The van der Waals surface area contributed by atoms with Crippen molar-refractivity contribution in [1.82, 2.24) is 0 Å². The summed E-state index contributed by atoms with van der Waals surface area (Å²) in [6.07, 6.45) is 15.0. The lowest BCUT2D eigenvalue weighted by Crippen LogP contribution is -1.99. The number of rotatable bonds is 1. The van der Waals surface area contributed by atoms with Crippen LogP contribution in [0.15, 0.2) is 34.9 Å². The van der Waals surface area contributed by atoms with Gasteiger partial charge in [0.1, 0.15) is 0 Å². The van der Waals surface area contributed by atoms with Gasteiger partial charge in [0.25, 0.3) is 0 Å². The van der Waals surface area contributed by atoms with Crippen LogP contribution in [0.3, 0.4) is 0 Å². The minimum atomic E-state index is 1.15. The zero-order chi connectivity index (χ0) is 9.10. The summed E-state index contributed by atoms with van der Waals surface area (Å²) >= 11 is 0. The van der Waals surface area contributed by atoms with Crippen molar-refractivity contribution in [3.63, 3.8) is 0 Å². The van der Waals surface area contributed by atoms with Gasteiger partial charge in [0, 0.05) is 0 Å². The molecule has 0 bridgehead atoms. The second kappa shape index (κ2) is 3.95. The summed E-state index contributed by atoms with van der Waals surface area (Å²) in [5.41, 5.74) is 4.79. The molecule has 0 heteroatoms. The molecule has 0 nitrogen and oxygen atoms in total. The fraction of sp³-hybridized carbons (Fsp3) is 0.538. The third-order valence-electron chi connectivity index (χ3n) is 3.00. The Bertz CT molecular complexity index is 276. The Labute approximate surface area is 81.0 Å². The summed E-state index contributed by atoms with van der Waals surface area (Å²) in [4.78, 5) is 0. The van der Waals surface area contributed by atoms with Crippen LogP contribution in [0, 0.1) is 0 Å². The third-order valence-corrected chi connectivity index (χ3v) is 3.00. The number of allylic oxidation sites excluding steroid dienone is 6. The predicted molar refractivity (Wildman–Crippen MR) is 57.6 cm³/mol. The summed E-state index contributed by atoms with van der Waals surface area (Å²) in [6, 6.07) is 0. The summed E-state index contributed by atoms with van der Waals surface area (Å²) in [5.74, 6) is 0. The maximum atomic E-state index is 2.45. The third kappa shape index (κ3) is 2.12. The minimum absolute atomic E-state index is 1.15. The molecule has 0 unspecified atom stereocenters. The van der Waals surface area contributed by atoms with Crippen molar-refractivity contribution in [3.8, 4) is 0 Å². The van der Waals surface area contributed by atoms with E-state index in [1.807, 2.05) is 0 Å². The molecule has 0 aliphatic heterocycles. The van der Waals surface area contributed by atoms with Crippen molar-refractivity contribution in [1.29, 1.82) is 0 Å². The molecule has 2 aliphatic carbocycles. The molecule has 0 aromatic carbocycles. The quantitative estimate of drug-likeness (QED) is 0.524. The first kappa shape index (κ1) is 8.80. The topological polar surface area (TPSA) is 0 Å². The van der Waals surface area contributed by atoms with Gasteiger partial charge in [-0.05, 0) is 56.6 Å². The van der Waals surface area contributed by atoms with Gasteiger partial charge in [-0.15, -0.1) is 0 Å². The van der Waals surface area contributed by atoms with Crippen LogP contribution in [0.1, 0.15) is 45.4 Å². The molecular formula is C13H18. The van der Waals surface area contributed by atoms with Crippen LogP contribution >= 0.6 is 0 Å². The second-order valence-electron chi connectivity index (χ2n) is 4.17. The van der Waals surface area contributed by atoms with E-state index in [1.54, 1.807) is 16.7 Å². The molecule has 0 fully saturated rings. The average molecular weight is 174 g/mol. The van der Waals surface area contributed by atoms with Gasteiger partial charge < -0.3 is 0 Å². The predicted octanol–water partition coefficient (Wildman–Crippen LogP) is 4.15. The lowest BCUT2D eigenvalue weighted by Gasteiger charge is -2.19. The van der Waals surface area contributed by atoms with Gasteiger partial charge in [-0.1, -0.05) is 23.8 Å². The standard InChI is InChI=1S/C13H18/c1-11-6-5-9-13(10-11)12-7-3-2-4-8-12/h6-7,9H,2-5,8,10H2,1H3. The molecule has 0 aromatic rings. The fourth-order valence-electron chi connectivity index (χ4n) is 2.22. The molecule has 2 aliphatic rings. The van der Waals surface area contributed by atoms with Crippen LogP contribution < -0.4 is 0 Å². The first-order valence-corrected chi connectivity index (χ1v) is 5.40. The van der Waals surface area contributed by atoms with Crippen molar-refractivity contribution in [2.45, 2.75) is 45.4 Å². The van der Waals surface area contributed by atoms with Crippen molar-refractivity contribution in [3.05, 3.63) is 34.9 Å². The Balaban J connectivity index is 2.08. The monoisotopic (exact) mass is 174 g/mol. The Kier molecular flexibility index (Phi) is 2.68. The van der Waals surface area contributed by atoms with Crippen molar-refractivity contribution < 1.29 is 0 Å². The smallest absolute Gasteiger partial charge is 0.00702 e. The second-order valence-corrected chi connectivity index (χ2v) is 4.17. The van der Waals surface area contributed by atoms with E-state index in [0.29, 0.717) is 0 Å². The SMILES string of the molecule is CC1=CCC=C(C2=CCCCC2)C1. The molecule has 70 valence electrons. The Morgan fingerprint density at radius 1 is 1.00 bits per heavy atom. The van der Waals surface area contributed by atoms with Gasteiger partial charge in [-0.2, -0.15) is 0 Å². The van der Waals surface area contributed by atoms with Gasteiger partial charge in [-0.3, -0.25) is 0 Å². The largest absolute Gasteiger partial charge is 0.0815 e. The van der Waals surface area contributed by atoms with Gasteiger partial charge in [-0.25, -0.2) is 0 Å². The molecule has 0 saturated heterocycles. The van der Waals surface area contributed by atoms with E-state index in [1.165, 1.54) is 32.1 Å². The minimum Gasteiger partial charge on any atom is -0.0815 e. The van der Waals surface area contributed by atoms with Crippen molar-refractivity contribution >= 4 is 0 Å². The zero-order valence-corrected chi connectivity index (χ0v) is 8.47. The summed E-state index contributed by atoms with van der Waals surface area (Å²) in [7, 11) is 0.